The lowest BCUT2D eigenvalue weighted by Crippen LogP contribution is -2.10. The quantitative estimate of drug-likeness (QED) is 0.838. The molecule has 0 aliphatic carbocycles. The number of thiazole rings is 1. The molecule has 8 heteroatoms. The SMILES string of the molecule is Cc1nc(N)sc1-c1cnc(N)c(C(F)(F)F)c1. The van der Waals surface area contributed by atoms with Crippen LogP contribution in [0.5, 0.6) is 0 Å². The molecule has 0 bridgehead atoms. The van der Waals surface area contributed by atoms with Crippen LogP contribution in [-0.2, 0) is 6.18 Å². The van der Waals surface area contributed by atoms with Gasteiger partial charge in [0.2, 0.25) is 0 Å². The van der Waals surface area contributed by atoms with E-state index in [0.29, 0.717) is 21.3 Å². The summed E-state index contributed by atoms with van der Waals surface area (Å²) < 4.78 is 38.1. The largest absolute Gasteiger partial charge is 0.419 e. The minimum atomic E-state index is -4.53. The standard InChI is InChI=1S/C10H9F3N4S/c1-4-7(18-9(15)17-4)5-2-6(10(11,12)13)8(14)16-3-5/h2-3H,1H3,(H2,14,16)(H2,15,17). The van der Waals surface area contributed by atoms with Crippen molar-refractivity contribution in [1.82, 2.24) is 9.97 Å². The second-order valence-corrected chi connectivity index (χ2v) is 4.65. The Morgan fingerprint density at radius 3 is 2.44 bits per heavy atom. The van der Waals surface area contributed by atoms with Gasteiger partial charge in [0.25, 0.3) is 0 Å². The van der Waals surface area contributed by atoms with Crippen LogP contribution in [0.1, 0.15) is 11.3 Å². The van der Waals surface area contributed by atoms with Crippen LogP contribution in [-0.4, -0.2) is 9.97 Å². The molecule has 2 aromatic heterocycles. The molecular weight excluding hydrogens is 265 g/mol. The first-order valence-electron chi connectivity index (χ1n) is 4.85. The number of hydrogen-bond donors (Lipinski definition) is 2. The van der Waals surface area contributed by atoms with Crippen molar-refractivity contribution < 1.29 is 13.2 Å². The molecule has 0 radical (unpaired) electrons. The van der Waals surface area contributed by atoms with E-state index < -0.39 is 17.6 Å². The van der Waals surface area contributed by atoms with Crippen LogP contribution in [0.15, 0.2) is 12.3 Å². The van der Waals surface area contributed by atoms with Gasteiger partial charge in [-0.25, -0.2) is 9.97 Å². The number of nitrogen functional groups attached to an aromatic ring is 2. The van der Waals surface area contributed by atoms with Crippen molar-refractivity contribution in [2.75, 3.05) is 11.5 Å². The third kappa shape index (κ3) is 2.23. The molecule has 0 amide bonds. The molecule has 0 atom stereocenters. The number of nitrogens with zero attached hydrogens (tertiary/aromatic N) is 2. The molecule has 0 aliphatic heterocycles. The Balaban J connectivity index is 2.57. The summed E-state index contributed by atoms with van der Waals surface area (Å²) in [4.78, 5) is 8.09. The average Bonchev–Trinajstić information content (AvgIpc) is 2.57. The van der Waals surface area contributed by atoms with Crippen LogP contribution >= 0.6 is 11.3 Å². The van der Waals surface area contributed by atoms with Gasteiger partial charge in [0.1, 0.15) is 5.82 Å². The summed E-state index contributed by atoms with van der Waals surface area (Å²) in [5, 5.41) is 0.299. The van der Waals surface area contributed by atoms with Gasteiger partial charge >= 0.3 is 6.18 Å². The molecule has 0 spiro atoms. The predicted molar refractivity (Wildman–Crippen MR) is 63.9 cm³/mol. The van der Waals surface area contributed by atoms with E-state index in [-0.39, 0.29) is 0 Å². The van der Waals surface area contributed by atoms with E-state index >= 15 is 0 Å². The summed E-state index contributed by atoms with van der Waals surface area (Å²) in [6.07, 6.45) is -3.25. The minimum Gasteiger partial charge on any atom is -0.383 e. The maximum Gasteiger partial charge on any atom is 0.419 e. The van der Waals surface area contributed by atoms with Gasteiger partial charge in [-0.2, -0.15) is 13.2 Å². The molecule has 2 heterocycles. The highest BCUT2D eigenvalue weighted by molar-refractivity contribution is 7.18. The van der Waals surface area contributed by atoms with Crippen LogP contribution in [0.25, 0.3) is 10.4 Å². The van der Waals surface area contributed by atoms with Crippen LogP contribution in [0.3, 0.4) is 0 Å². The van der Waals surface area contributed by atoms with Crippen LogP contribution in [0, 0.1) is 6.92 Å². The fourth-order valence-electron chi connectivity index (χ4n) is 1.51. The van der Waals surface area contributed by atoms with Gasteiger partial charge in [-0.1, -0.05) is 11.3 Å². The maximum atomic E-state index is 12.7. The predicted octanol–water partition coefficient (Wildman–Crippen LogP) is 2.70. The van der Waals surface area contributed by atoms with Crippen molar-refractivity contribution >= 4 is 22.3 Å². The average molecular weight is 274 g/mol. The highest BCUT2D eigenvalue weighted by Gasteiger charge is 2.34. The summed E-state index contributed by atoms with van der Waals surface area (Å²) >= 11 is 1.11. The van der Waals surface area contributed by atoms with Crippen molar-refractivity contribution in [2.45, 2.75) is 13.1 Å². The molecule has 0 saturated carbocycles. The number of aromatic nitrogens is 2. The minimum absolute atomic E-state index is 0.299. The summed E-state index contributed by atoms with van der Waals surface area (Å²) in [5.41, 5.74) is 10.7. The number of halogens is 3. The molecule has 4 N–H and O–H groups in total. The van der Waals surface area contributed by atoms with Gasteiger partial charge < -0.3 is 11.5 Å². The molecule has 0 fully saturated rings. The number of alkyl halides is 3. The first-order chi connectivity index (χ1) is 8.29. The van der Waals surface area contributed by atoms with Gasteiger partial charge in [0.15, 0.2) is 5.13 Å². The van der Waals surface area contributed by atoms with Gasteiger partial charge in [-0.05, 0) is 13.0 Å². The molecule has 4 nitrogen and oxygen atoms in total. The van der Waals surface area contributed by atoms with Crippen molar-refractivity contribution in [3.8, 4) is 10.4 Å². The van der Waals surface area contributed by atoms with E-state index in [4.69, 9.17) is 11.5 Å². The second kappa shape index (κ2) is 4.13. The van der Waals surface area contributed by atoms with Gasteiger partial charge in [-0.15, -0.1) is 0 Å². The van der Waals surface area contributed by atoms with Crippen molar-refractivity contribution in [3.05, 3.63) is 23.5 Å². The van der Waals surface area contributed by atoms with E-state index in [1.165, 1.54) is 6.20 Å². The van der Waals surface area contributed by atoms with Gasteiger partial charge in [0, 0.05) is 11.8 Å². The normalized spacial score (nSPS) is 11.8. The fraction of sp³-hybridized carbons (Fsp3) is 0.200. The third-order valence-corrected chi connectivity index (χ3v) is 3.33. The first kappa shape index (κ1) is 12.6. The molecular formula is C10H9F3N4S. The second-order valence-electron chi connectivity index (χ2n) is 3.62. The number of aryl methyl sites for hydroxylation is 1. The lowest BCUT2D eigenvalue weighted by Gasteiger charge is -2.10. The van der Waals surface area contributed by atoms with E-state index in [0.717, 1.165) is 17.4 Å². The highest BCUT2D eigenvalue weighted by Crippen LogP contribution is 2.37. The Morgan fingerprint density at radius 2 is 1.94 bits per heavy atom. The molecule has 0 aliphatic rings. The van der Waals surface area contributed by atoms with Crippen molar-refractivity contribution in [2.24, 2.45) is 0 Å². The van der Waals surface area contributed by atoms with Crippen molar-refractivity contribution in [3.63, 3.8) is 0 Å². The molecule has 0 aromatic carbocycles. The third-order valence-electron chi connectivity index (χ3n) is 2.30. The molecule has 96 valence electrons. The lowest BCUT2D eigenvalue weighted by atomic mass is 10.1. The van der Waals surface area contributed by atoms with Crippen LogP contribution in [0.4, 0.5) is 24.1 Å². The first-order valence-corrected chi connectivity index (χ1v) is 5.66. The number of hydrogen-bond acceptors (Lipinski definition) is 5. The number of pyridine rings is 1. The zero-order valence-electron chi connectivity index (χ0n) is 9.25. The Labute approximate surface area is 104 Å². The molecule has 0 unspecified atom stereocenters. The number of anilines is 2. The zero-order chi connectivity index (χ0) is 13.5. The molecule has 2 aromatic rings. The maximum absolute atomic E-state index is 12.7. The van der Waals surface area contributed by atoms with E-state index in [9.17, 15) is 13.2 Å². The van der Waals surface area contributed by atoms with Crippen molar-refractivity contribution in [1.29, 1.82) is 0 Å². The lowest BCUT2D eigenvalue weighted by molar-refractivity contribution is -0.137. The number of nitrogens with two attached hydrogens (primary N) is 2. The zero-order valence-corrected chi connectivity index (χ0v) is 10.1. The molecule has 2 rings (SSSR count). The Morgan fingerprint density at radius 1 is 1.28 bits per heavy atom. The smallest absolute Gasteiger partial charge is 0.383 e. The Bertz CT molecular complexity index is 591. The molecule has 0 saturated heterocycles. The van der Waals surface area contributed by atoms with Gasteiger partial charge in [-0.3, -0.25) is 0 Å². The van der Waals surface area contributed by atoms with Crippen LogP contribution < -0.4 is 11.5 Å². The summed E-state index contributed by atoms with van der Waals surface area (Å²) in [6, 6.07) is 0.961. The highest BCUT2D eigenvalue weighted by atomic mass is 32.1. The Hall–Kier alpha value is -1.83. The topological polar surface area (TPSA) is 77.8 Å². The summed E-state index contributed by atoms with van der Waals surface area (Å²) in [7, 11) is 0. The van der Waals surface area contributed by atoms with E-state index in [1.807, 2.05) is 0 Å². The fourth-order valence-corrected chi connectivity index (χ4v) is 2.33. The summed E-state index contributed by atoms with van der Waals surface area (Å²) in [5.74, 6) is -0.540. The van der Waals surface area contributed by atoms with Gasteiger partial charge in [0.05, 0.1) is 16.1 Å². The van der Waals surface area contributed by atoms with Crippen LogP contribution in [0.2, 0.25) is 0 Å². The summed E-state index contributed by atoms with van der Waals surface area (Å²) in [6.45, 7) is 1.67. The van der Waals surface area contributed by atoms with E-state index in [2.05, 4.69) is 9.97 Å². The Kier molecular flexibility index (Phi) is 2.89. The molecule has 18 heavy (non-hydrogen) atoms. The van der Waals surface area contributed by atoms with E-state index in [1.54, 1.807) is 6.92 Å². The number of rotatable bonds is 1. The monoisotopic (exact) mass is 274 g/mol.